The smallest absolute Gasteiger partial charge is 0.319 e. The van der Waals surface area contributed by atoms with Gasteiger partial charge in [0, 0.05) is 6.42 Å². The maximum Gasteiger partial charge on any atom is 0.319 e. The van der Waals surface area contributed by atoms with Crippen LogP contribution in [0.3, 0.4) is 0 Å². The molecular weight excluding hydrogens is 260 g/mol. The molecule has 1 atom stereocenters. The molecule has 1 saturated heterocycles. The molecule has 1 aromatic carbocycles. The molecule has 1 heterocycles. The van der Waals surface area contributed by atoms with Gasteiger partial charge in [-0.15, -0.1) is 0 Å². The molecule has 1 aliphatic heterocycles. The summed E-state index contributed by atoms with van der Waals surface area (Å²) < 4.78 is 10.7. The van der Waals surface area contributed by atoms with Gasteiger partial charge in [0.05, 0.1) is 19.8 Å². The summed E-state index contributed by atoms with van der Waals surface area (Å²) in [5.74, 6) is -0.596. The monoisotopic (exact) mass is 278 g/mol. The Labute approximate surface area is 117 Å². The van der Waals surface area contributed by atoms with Gasteiger partial charge in [-0.25, -0.2) is 0 Å². The Hall–Kier alpha value is -1.88. The number of rotatable bonds is 6. The summed E-state index contributed by atoms with van der Waals surface area (Å²) in [6.07, 6.45) is 0.913. The topological polar surface area (TPSA) is 72.8 Å². The van der Waals surface area contributed by atoms with Crippen LogP contribution in [0.4, 0.5) is 0 Å². The molecule has 0 spiro atoms. The molecule has 2 rings (SSSR count). The van der Waals surface area contributed by atoms with Crippen molar-refractivity contribution in [3.63, 3.8) is 0 Å². The van der Waals surface area contributed by atoms with E-state index in [-0.39, 0.29) is 25.2 Å². The Morgan fingerprint density at radius 1 is 1.35 bits per heavy atom. The highest BCUT2D eigenvalue weighted by Gasteiger charge is 2.47. The Balaban J connectivity index is 1.87. The molecule has 20 heavy (non-hydrogen) atoms. The third-order valence-electron chi connectivity index (χ3n) is 3.52. The molecule has 1 aliphatic rings. The number of para-hydroxylation sites is 1. The first-order valence-corrected chi connectivity index (χ1v) is 6.67. The second-order valence-corrected chi connectivity index (χ2v) is 4.88. The average Bonchev–Trinajstić information content (AvgIpc) is 2.46. The largest absolute Gasteiger partial charge is 0.494 e. The van der Waals surface area contributed by atoms with Crippen molar-refractivity contribution in [2.75, 3.05) is 19.8 Å². The number of aliphatic carboxylic acids is 1. The van der Waals surface area contributed by atoms with E-state index < -0.39 is 11.4 Å². The lowest BCUT2D eigenvalue weighted by atomic mass is 9.77. The maximum absolute atomic E-state index is 11.9. The third kappa shape index (κ3) is 3.17. The van der Waals surface area contributed by atoms with Crippen molar-refractivity contribution in [1.82, 2.24) is 0 Å². The van der Waals surface area contributed by atoms with Crippen LogP contribution in [-0.4, -0.2) is 36.7 Å². The highest BCUT2D eigenvalue weighted by molar-refractivity contribution is 6.03. The summed E-state index contributed by atoms with van der Waals surface area (Å²) in [5, 5.41) is 9.33. The summed E-state index contributed by atoms with van der Waals surface area (Å²) in [7, 11) is 0. The number of benzene rings is 1. The van der Waals surface area contributed by atoms with Crippen LogP contribution in [0.1, 0.15) is 19.3 Å². The van der Waals surface area contributed by atoms with Crippen molar-refractivity contribution in [1.29, 1.82) is 0 Å². The zero-order valence-corrected chi connectivity index (χ0v) is 11.2. The van der Waals surface area contributed by atoms with E-state index in [1.165, 1.54) is 0 Å². The van der Waals surface area contributed by atoms with Crippen molar-refractivity contribution < 1.29 is 24.2 Å². The fraction of sp³-hybridized carbons (Fsp3) is 0.467. The molecule has 0 aromatic heterocycles. The van der Waals surface area contributed by atoms with E-state index in [9.17, 15) is 14.7 Å². The van der Waals surface area contributed by atoms with Gasteiger partial charge in [-0.05, 0) is 25.0 Å². The van der Waals surface area contributed by atoms with E-state index in [4.69, 9.17) is 9.47 Å². The van der Waals surface area contributed by atoms with Crippen molar-refractivity contribution in [3.05, 3.63) is 30.3 Å². The summed E-state index contributed by atoms with van der Waals surface area (Å²) in [6, 6.07) is 9.30. The fourth-order valence-electron chi connectivity index (χ4n) is 2.31. The van der Waals surface area contributed by atoms with Gasteiger partial charge in [0.15, 0.2) is 5.78 Å². The molecule has 0 saturated carbocycles. The molecular formula is C15H18O5. The van der Waals surface area contributed by atoms with Gasteiger partial charge in [-0.2, -0.15) is 0 Å². The lowest BCUT2D eigenvalue weighted by Crippen LogP contribution is -2.47. The average molecular weight is 278 g/mol. The zero-order chi connectivity index (χ0) is 14.4. The highest BCUT2D eigenvalue weighted by atomic mass is 16.5. The first-order chi connectivity index (χ1) is 9.65. The van der Waals surface area contributed by atoms with E-state index in [0.29, 0.717) is 19.6 Å². The summed E-state index contributed by atoms with van der Waals surface area (Å²) in [6.45, 7) is 0.660. The molecule has 1 N–H and O–H groups in total. The Morgan fingerprint density at radius 3 is 2.75 bits per heavy atom. The summed E-state index contributed by atoms with van der Waals surface area (Å²) in [5.41, 5.74) is -1.39. The molecule has 5 nitrogen and oxygen atoms in total. The molecule has 5 heteroatoms. The van der Waals surface area contributed by atoms with Crippen molar-refractivity contribution in [2.45, 2.75) is 19.3 Å². The van der Waals surface area contributed by atoms with E-state index in [2.05, 4.69) is 0 Å². The van der Waals surface area contributed by atoms with Crippen molar-refractivity contribution >= 4 is 11.8 Å². The van der Waals surface area contributed by atoms with Gasteiger partial charge in [0.2, 0.25) is 0 Å². The van der Waals surface area contributed by atoms with Crippen LogP contribution in [0.25, 0.3) is 0 Å². The van der Waals surface area contributed by atoms with Crippen LogP contribution in [0.5, 0.6) is 5.75 Å². The minimum Gasteiger partial charge on any atom is -0.494 e. The molecule has 108 valence electrons. The van der Waals surface area contributed by atoms with E-state index >= 15 is 0 Å². The van der Waals surface area contributed by atoms with Gasteiger partial charge < -0.3 is 14.6 Å². The van der Waals surface area contributed by atoms with Crippen LogP contribution in [0.2, 0.25) is 0 Å². The van der Waals surface area contributed by atoms with Crippen LogP contribution in [0, 0.1) is 5.41 Å². The molecule has 1 unspecified atom stereocenters. The van der Waals surface area contributed by atoms with Gasteiger partial charge in [0.1, 0.15) is 11.2 Å². The second kappa shape index (κ2) is 6.52. The Morgan fingerprint density at radius 2 is 2.10 bits per heavy atom. The number of hydrogen-bond acceptors (Lipinski definition) is 4. The number of ether oxygens (including phenoxy) is 2. The first-order valence-electron chi connectivity index (χ1n) is 6.67. The van der Waals surface area contributed by atoms with Gasteiger partial charge in [-0.3, -0.25) is 9.59 Å². The molecule has 0 amide bonds. The quantitative estimate of drug-likeness (QED) is 0.635. The van der Waals surface area contributed by atoms with Crippen LogP contribution in [-0.2, 0) is 14.3 Å². The number of carbonyl (C=O) groups is 2. The highest BCUT2D eigenvalue weighted by Crippen LogP contribution is 2.31. The van der Waals surface area contributed by atoms with E-state index in [1.807, 2.05) is 30.3 Å². The van der Waals surface area contributed by atoms with E-state index in [0.717, 1.165) is 5.75 Å². The maximum atomic E-state index is 11.9. The van der Waals surface area contributed by atoms with Crippen LogP contribution < -0.4 is 4.74 Å². The van der Waals surface area contributed by atoms with Gasteiger partial charge in [0.25, 0.3) is 0 Å². The lowest BCUT2D eigenvalue weighted by molar-refractivity contribution is -0.165. The first kappa shape index (κ1) is 14.5. The molecule has 1 aromatic rings. The van der Waals surface area contributed by atoms with Gasteiger partial charge in [-0.1, -0.05) is 18.2 Å². The van der Waals surface area contributed by atoms with E-state index in [1.54, 1.807) is 0 Å². The zero-order valence-electron chi connectivity index (χ0n) is 11.2. The number of ketones is 1. The standard InChI is InChI=1S/C15H18O5/c16-13-7-10-19-11-15(13,14(17)18)8-4-9-20-12-5-2-1-3-6-12/h1-3,5-6H,4,7-11H2,(H,17,18). The minimum absolute atomic E-state index is 0.0352. The number of carboxylic acids is 1. The predicted molar refractivity (Wildman–Crippen MR) is 71.7 cm³/mol. The number of carbonyl (C=O) groups excluding carboxylic acids is 1. The van der Waals surface area contributed by atoms with Crippen LogP contribution in [0.15, 0.2) is 30.3 Å². The summed E-state index contributed by atoms with van der Waals surface area (Å²) >= 11 is 0. The van der Waals surface area contributed by atoms with Crippen LogP contribution >= 0.6 is 0 Å². The van der Waals surface area contributed by atoms with Crippen molar-refractivity contribution in [3.8, 4) is 5.75 Å². The summed E-state index contributed by atoms with van der Waals surface area (Å²) in [4.78, 5) is 23.3. The Kier molecular flexibility index (Phi) is 4.74. The molecule has 1 fully saturated rings. The fourth-order valence-corrected chi connectivity index (χ4v) is 2.31. The molecule has 0 radical (unpaired) electrons. The molecule has 0 aliphatic carbocycles. The third-order valence-corrected chi connectivity index (χ3v) is 3.52. The lowest BCUT2D eigenvalue weighted by Gasteiger charge is -2.31. The Bertz CT molecular complexity index is 470. The number of hydrogen-bond donors (Lipinski definition) is 1. The SMILES string of the molecule is O=C(O)C1(CCCOc2ccccc2)COCCC1=O. The normalized spacial score (nSPS) is 22.5. The predicted octanol–water partition coefficient (Wildman–Crippen LogP) is 1.91. The second-order valence-electron chi connectivity index (χ2n) is 4.88. The minimum atomic E-state index is -1.39. The number of Topliss-reactive ketones (excluding diaryl/α,β-unsaturated/α-hetero) is 1. The van der Waals surface area contributed by atoms with Crippen molar-refractivity contribution in [2.24, 2.45) is 5.41 Å². The van der Waals surface area contributed by atoms with Gasteiger partial charge >= 0.3 is 5.97 Å². The number of carboxylic acid groups (broad SMARTS) is 1. The molecule has 0 bridgehead atoms.